The highest BCUT2D eigenvalue weighted by Gasteiger charge is 2.36. The Morgan fingerprint density at radius 1 is 0.464 bits per heavy atom. The van der Waals surface area contributed by atoms with Crippen LogP contribution in [0.5, 0.6) is 0 Å². The number of hydrogen-bond acceptors (Lipinski definition) is 7. The minimum atomic E-state index is -0.441. The van der Waals surface area contributed by atoms with Gasteiger partial charge in [0.1, 0.15) is 11.4 Å². The van der Waals surface area contributed by atoms with Crippen LogP contribution in [-0.2, 0) is 9.59 Å². The fourth-order valence-corrected chi connectivity index (χ4v) is 6.97. The standard InChI is InChI=1S/C47H51Br2N5O2/c1-44(2,3)30-24-28(25-31(42(30)55)45(4,5)6)40(53-51-36-20-15-13-18-34(36)48)38-22-17-23-39(50-38)41(54-52-37-21-16-14-19-35(37)49)29-26-32(46(7,8)9)43(56)33(27-29)47(10,11)12/h13-27H,1-12H3. The molecule has 0 fully saturated rings. The summed E-state index contributed by atoms with van der Waals surface area (Å²) in [6.45, 7) is 24.5. The van der Waals surface area contributed by atoms with Crippen molar-refractivity contribution in [3.63, 3.8) is 0 Å². The molecule has 0 aliphatic heterocycles. The van der Waals surface area contributed by atoms with Gasteiger partial charge in [-0.15, -0.1) is 20.5 Å². The number of ketones is 2. The number of rotatable bonds is 6. The number of Topliss-reactive ketones (excluding diaryl/α,β-unsaturated/α-hetero) is 2. The molecule has 0 atom stereocenters. The molecule has 9 heteroatoms. The van der Waals surface area contributed by atoms with Crippen molar-refractivity contribution in [2.75, 3.05) is 0 Å². The lowest BCUT2D eigenvalue weighted by Gasteiger charge is -2.31. The maximum absolute atomic E-state index is 14.0. The summed E-state index contributed by atoms with van der Waals surface area (Å²) in [4.78, 5) is 33.2. The number of nitrogens with zero attached hydrogens (tertiary/aromatic N) is 5. The molecular formula is C47H51Br2N5O2. The van der Waals surface area contributed by atoms with Crippen molar-refractivity contribution in [1.29, 1.82) is 0 Å². The van der Waals surface area contributed by atoms with Gasteiger partial charge >= 0.3 is 0 Å². The normalized spacial score (nSPS) is 16.0. The highest BCUT2D eigenvalue weighted by Crippen LogP contribution is 2.43. The molecule has 0 N–H and O–H groups in total. The third-order valence-electron chi connectivity index (χ3n) is 9.41. The highest BCUT2D eigenvalue weighted by molar-refractivity contribution is 9.11. The summed E-state index contributed by atoms with van der Waals surface area (Å²) < 4.78 is 1.58. The lowest BCUT2D eigenvalue weighted by atomic mass is 9.71. The van der Waals surface area contributed by atoms with Crippen LogP contribution in [0, 0.1) is 21.7 Å². The summed E-state index contributed by atoms with van der Waals surface area (Å²) in [7, 11) is 0. The van der Waals surface area contributed by atoms with Crippen LogP contribution in [0.25, 0.3) is 11.4 Å². The van der Waals surface area contributed by atoms with Gasteiger partial charge in [0.25, 0.3) is 0 Å². The number of halogens is 2. The molecule has 7 nitrogen and oxygen atoms in total. The first kappa shape index (κ1) is 42.7. The monoisotopic (exact) mass is 875 g/mol. The van der Waals surface area contributed by atoms with Gasteiger partial charge in [0.15, 0.2) is 11.6 Å². The molecular weight excluding hydrogens is 826 g/mol. The van der Waals surface area contributed by atoms with E-state index >= 15 is 0 Å². The highest BCUT2D eigenvalue weighted by atomic mass is 79.9. The van der Waals surface area contributed by atoms with E-state index in [1.807, 2.05) is 174 Å². The van der Waals surface area contributed by atoms with Crippen LogP contribution in [0.2, 0.25) is 0 Å². The first-order chi connectivity index (χ1) is 26.0. The predicted octanol–water partition coefficient (Wildman–Crippen LogP) is 14.7. The maximum atomic E-state index is 14.0. The first-order valence-electron chi connectivity index (χ1n) is 18.7. The molecule has 0 radical (unpaired) electrons. The predicted molar refractivity (Wildman–Crippen MR) is 236 cm³/mol. The lowest BCUT2D eigenvalue weighted by molar-refractivity contribution is -0.114. The molecule has 0 saturated carbocycles. The molecule has 56 heavy (non-hydrogen) atoms. The number of aromatic nitrogens is 1. The van der Waals surface area contributed by atoms with E-state index in [-0.39, 0.29) is 11.6 Å². The summed E-state index contributed by atoms with van der Waals surface area (Å²) in [5.74, 6) is 0.0403. The third-order valence-corrected chi connectivity index (χ3v) is 10.8. The van der Waals surface area contributed by atoms with E-state index < -0.39 is 21.7 Å². The molecule has 1 aromatic heterocycles. The fourth-order valence-electron chi connectivity index (χ4n) is 6.25. The quantitative estimate of drug-likeness (QED) is 0.231. The third kappa shape index (κ3) is 9.72. The molecule has 2 aliphatic carbocycles. The zero-order valence-electron chi connectivity index (χ0n) is 34.5. The molecule has 2 aliphatic rings. The van der Waals surface area contributed by atoms with Gasteiger partial charge < -0.3 is 0 Å². The van der Waals surface area contributed by atoms with E-state index in [0.717, 1.165) is 20.1 Å². The van der Waals surface area contributed by atoms with Gasteiger partial charge in [-0.2, -0.15) is 0 Å². The number of hydrogen-bond donors (Lipinski definition) is 0. The number of carbonyl (C=O) groups excluding carboxylic acids is 2. The van der Waals surface area contributed by atoms with Gasteiger partial charge in [-0.05, 0) is 114 Å². The van der Waals surface area contributed by atoms with E-state index in [1.54, 1.807) is 0 Å². The molecule has 5 rings (SSSR count). The second-order valence-electron chi connectivity index (χ2n) is 18.2. The second-order valence-corrected chi connectivity index (χ2v) is 19.9. The topological polar surface area (TPSA) is 96.5 Å². The molecule has 290 valence electrons. The summed E-state index contributed by atoms with van der Waals surface area (Å²) in [6.07, 6.45) is 7.71. The Morgan fingerprint density at radius 3 is 1.05 bits per heavy atom. The van der Waals surface area contributed by atoms with Crippen LogP contribution >= 0.6 is 31.9 Å². The maximum Gasteiger partial charge on any atom is 0.186 e. The van der Waals surface area contributed by atoms with Gasteiger partial charge in [0.05, 0.1) is 22.8 Å². The number of allylic oxidation sites excluding steroid dienone is 10. The second kappa shape index (κ2) is 16.2. The van der Waals surface area contributed by atoms with Crippen molar-refractivity contribution < 1.29 is 9.59 Å². The Bertz CT molecular complexity index is 2110. The summed E-state index contributed by atoms with van der Waals surface area (Å²) >= 11 is 7.23. The molecule has 0 saturated heterocycles. The Balaban J connectivity index is 1.87. The molecule has 2 aromatic carbocycles. The average Bonchev–Trinajstić information content (AvgIpc) is 3.09. The molecule has 0 bridgehead atoms. The van der Waals surface area contributed by atoms with Crippen molar-refractivity contribution in [2.24, 2.45) is 42.1 Å². The van der Waals surface area contributed by atoms with Crippen molar-refractivity contribution >= 4 is 66.2 Å². The Morgan fingerprint density at radius 2 is 0.768 bits per heavy atom. The largest absolute Gasteiger partial charge is 0.289 e. The smallest absolute Gasteiger partial charge is 0.186 e. The Hall–Kier alpha value is -4.47. The number of benzene rings is 2. The average molecular weight is 878 g/mol. The van der Waals surface area contributed by atoms with Gasteiger partial charge in [0, 0.05) is 42.4 Å². The number of pyridine rings is 1. The Labute approximate surface area is 349 Å². The minimum absolute atomic E-state index is 0.0202. The van der Waals surface area contributed by atoms with Crippen LogP contribution in [0.4, 0.5) is 11.4 Å². The van der Waals surface area contributed by atoms with Gasteiger partial charge in [-0.3, -0.25) is 9.59 Å². The number of azo groups is 2. The molecule has 3 aromatic rings. The summed E-state index contributed by atoms with van der Waals surface area (Å²) in [5.41, 5.74) is 5.72. The summed E-state index contributed by atoms with van der Waals surface area (Å²) in [5, 5.41) is 19.2. The van der Waals surface area contributed by atoms with Gasteiger partial charge in [-0.1, -0.05) is 113 Å². The number of carbonyl (C=O) groups is 2. The van der Waals surface area contributed by atoms with Crippen LogP contribution in [0.3, 0.4) is 0 Å². The SMILES string of the molecule is CC(C)(C)C1=CC(=C(N=Nc2ccccc2Br)c2cccc(C(N=Nc3ccccc3Br)=C3C=C(C(C)(C)C)C(=O)C(C(C)(C)C)=C3)n2)C=C(C(C)(C)C)C1=O. The van der Waals surface area contributed by atoms with Crippen molar-refractivity contribution in [2.45, 2.75) is 83.1 Å². The van der Waals surface area contributed by atoms with Crippen molar-refractivity contribution in [3.05, 3.63) is 145 Å². The van der Waals surface area contributed by atoms with Crippen LogP contribution in [0.15, 0.2) is 154 Å². The minimum Gasteiger partial charge on any atom is -0.289 e. The van der Waals surface area contributed by atoms with E-state index in [1.165, 1.54) is 0 Å². The van der Waals surface area contributed by atoms with E-state index in [0.29, 0.717) is 56.4 Å². The lowest BCUT2D eigenvalue weighted by Crippen LogP contribution is -2.28. The zero-order chi connectivity index (χ0) is 41.4. The zero-order valence-corrected chi connectivity index (χ0v) is 37.6. The van der Waals surface area contributed by atoms with E-state index in [2.05, 4.69) is 31.9 Å². The van der Waals surface area contributed by atoms with E-state index in [4.69, 9.17) is 25.4 Å². The Kier molecular flexibility index (Phi) is 12.3. The van der Waals surface area contributed by atoms with Crippen LogP contribution in [0.1, 0.15) is 94.5 Å². The van der Waals surface area contributed by atoms with Gasteiger partial charge in [-0.25, -0.2) is 4.98 Å². The molecule has 1 heterocycles. The molecule has 0 unspecified atom stereocenters. The van der Waals surface area contributed by atoms with Crippen LogP contribution < -0.4 is 0 Å². The first-order valence-corrected chi connectivity index (χ1v) is 20.3. The fraction of sp³-hybridized carbons (Fsp3) is 0.340. The van der Waals surface area contributed by atoms with E-state index in [9.17, 15) is 9.59 Å². The van der Waals surface area contributed by atoms with Gasteiger partial charge in [0.2, 0.25) is 0 Å². The van der Waals surface area contributed by atoms with Crippen LogP contribution in [-0.4, -0.2) is 16.6 Å². The van der Waals surface area contributed by atoms with Crippen molar-refractivity contribution in [1.82, 2.24) is 4.98 Å². The van der Waals surface area contributed by atoms with Crippen molar-refractivity contribution in [3.8, 4) is 0 Å². The molecule has 0 amide bonds. The molecule has 0 spiro atoms. The summed E-state index contributed by atoms with van der Waals surface area (Å²) in [6, 6.07) is 20.9.